The van der Waals surface area contributed by atoms with E-state index in [-0.39, 0.29) is 6.04 Å². The predicted molar refractivity (Wildman–Crippen MR) is 81.9 cm³/mol. The van der Waals surface area contributed by atoms with Crippen LogP contribution < -0.4 is 15.2 Å². The number of benzene rings is 2. The van der Waals surface area contributed by atoms with Crippen molar-refractivity contribution < 1.29 is 9.47 Å². The Kier molecular flexibility index (Phi) is 4.88. The van der Waals surface area contributed by atoms with Gasteiger partial charge in [-0.05, 0) is 49.2 Å². The maximum Gasteiger partial charge on any atom is 0.131 e. The lowest BCUT2D eigenvalue weighted by atomic mass is 10.1. The summed E-state index contributed by atoms with van der Waals surface area (Å²) in [6.07, 6.45) is 0.708. The fraction of sp³-hybridized carbons (Fsp3) is 0.250. The van der Waals surface area contributed by atoms with Crippen molar-refractivity contribution in [3.8, 4) is 17.2 Å². The lowest BCUT2D eigenvalue weighted by Crippen LogP contribution is -2.18. The van der Waals surface area contributed by atoms with E-state index < -0.39 is 0 Å². The summed E-state index contributed by atoms with van der Waals surface area (Å²) >= 11 is 6.03. The quantitative estimate of drug-likeness (QED) is 0.904. The number of ether oxygens (including phenoxy) is 2. The maximum atomic E-state index is 6.03. The summed E-state index contributed by atoms with van der Waals surface area (Å²) in [6.45, 7) is 1.95. The molecule has 0 aliphatic heterocycles. The van der Waals surface area contributed by atoms with Gasteiger partial charge in [0, 0.05) is 17.1 Å². The number of hydrogen-bond donors (Lipinski definition) is 1. The standard InChI is InChI=1S/C16H18ClNO2/c1-11(18)8-12-9-13(17)6-7-16(12)20-15-5-3-4-14(10-15)19-2/h3-7,9-11H,8,18H2,1-2H3. The second-order valence-corrected chi connectivity index (χ2v) is 5.15. The average molecular weight is 292 g/mol. The van der Waals surface area contributed by atoms with E-state index in [0.29, 0.717) is 11.4 Å². The zero-order valence-electron chi connectivity index (χ0n) is 11.6. The molecule has 3 nitrogen and oxygen atoms in total. The van der Waals surface area contributed by atoms with Gasteiger partial charge in [0.05, 0.1) is 7.11 Å². The first-order valence-electron chi connectivity index (χ1n) is 6.44. The molecule has 4 heteroatoms. The first kappa shape index (κ1) is 14.7. The second-order valence-electron chi connectivity index (χ2n) is 4.71. The smallest absolute Gasteiger partial charge is 0.131 e. The molecular formula is C16H18ClNO2. The highest BCUT2D eigenvalue weighted by molar-refractivity contribution is 6.30. The Hall–Kier alpha value is -1.71. The zero-order valence-corrected chi connectivity index (χ0v) is 12.4. The number of methoxy groups -OCH3 is 1. The lowest BCUT2D eigenvalue weighted by Gasteiger charge is -2.13. The van der Waals surface area contributed by atoms with Crippen molar-refractivity contribution in [2.75, 3.05) is 7.11 Å². The minimum atomic E-state index is 0.0427. The van der Waals surface area contributed by atoms with E-state index in [1.165, 1.54) is 0 Å². The van der Waals surface area contributed by atoms with Gasteiger partial charge in [-0.2, -0.15) is 0 Å². The number of nitrogens with two attached hydrogens (primary N) is 1. The van der Waals surface area contributed by atoms with Crippen molar-refractivity contribution in [1.29, 1.82) is 0 Å². The van der Waals surface area contributed by atoms with Crippen molar-refractivity contribution >= 4 is 11.6 Å². The minimum Gasteiger partial charge on any atom is -0.497 e. The van der Waals surface area contributed by atoms with Crippen LogP contribution in [0.2, 0.25) is 5.02 Å². The topological polar surface area (TPSA) is 44.5 Å². The van der Waals surface area contributed by atoms with Crippen molar-refractivity contribution in [2.45, 2.75) is 19.4 Å². The molecule has 0 saturated heterocycles. The van der Waals surface area contributed by atoms with Crippen LogP contribution in [-0.4, -0.2) is 13.2 Å². The summed E-state index contributed by atoms with van der Waals surface area (Å²) in [5.74, 6) is 2.24. The molecule has 1 atom stereocenters. The molecule has 2 aromatic carbocycles. The van der Waals surface area contributed by atoms with Gasteiger partial charge in [0.25, 0.3) is 0 Å². The molecule has 2 rings (SSSR count). The van der Waals surface area contributed by atoms with Gasteiger partial charge in [-0.3, -0.25) is 0 Å². The van der Waals surface area contributed by atoms with Crippen molar-refractivity contribution in [2.24, 2.45) is 5.73 Å². The van der Waals surface area contributed by atoms with Gasteiger partial charge in [-0.25, -0.2) is 0 Å². The van der Waals surface area contributed by atoms with Gasteiger partial charge in [0.1, 0.15) is 17.2 Å². The Labute approximate surface area is 124 Å². The third kappa shape index (κ3) is 3.89. The SMILES string of the molecule is COc1cccc(Oc2ccc(Cl)cc2CC(C)N)c1. The van der Waals surface area contributed by atoms with Crippen molar-refractivity contribution in [1.82, 2.24) is 0 Å². The molecule has 0 aliphatic rings. The van der Waals surface area contributed by atoms with Crippen LogP contribution in [0, 0.1) is 0 Å². The molecule has 106 valence electrons. The van der Waals surface area contributed by atoms with E-state index in [4.69, 9.17) is 26.8 Å². The molecule has 2 aromatic rings. The number of rotatable bonds is 5. The lowest BCUT2D eigenvalue weighted by molar-refractivity contribution is 0.408. The van der Waals surface area contributed by atoms with Gasteiger partial charge in [-0.1, -0.05) is 17.7 Å². The highest BCUT2D eigenvalue weighted by Crippen LogP contribution is 2.30. The van der Waals surface area contributed by atoms with Crippen LogP contribution in [0.3, 0.4) is 0 Å². The van der Waals surface area contributed by atoms with E-state index >= 15 is 0 Å². The predicted octanol–water partition coefficient (Wildman–Crippen LogP) is 4.03. The van der Waals surface area contributed by atoms with Crippen LogP contribution in [0.25, 0.3) is 0 Å². The minimum absolute atomic E-state index is 0.0427. The third-order valence-corrected chi connectivity index (χ3v) is 3.07. The Morgan fingerprint density at radius 2 is 1.90 bits per heavy atom. The Morgan fingerprint density at radius 3 is 2.60 bits per heavy atom. The molecule has 1 unspecified atom stereocenters. The van der Waals surface area contributed by atoms with Crippen LogP contribution in [0.5, 0.6) is 17.2 Å². The first-order valence-corrected chi connectivity index (χ1v) is 6.82. The highest BCUT2D eigenvalue weighted by atomic mass is 35.5. The van der Waals surface area contributed by atoms with Crippen molar-refractivity contribution in [3.63, 3.8) is 0 Å². The Morgan fingerprint density at radius 1 is 1.15 bits per heavy atom. The normalized spacial score (nSPS) is 12.0. The van der Waals surface area contributed by atoms with Gasteiger partial charge in [0.2, 0.25) is 0 Å². The van der Waals surface area contributed by atoms with Crippen LogP contribution in [0.4, 0.5) is 0 Å². The van der Waals surface area contributed by atoms with E-state index in [9.17, 15) is 0 Å². The monoisotopic (exact) mass is 291 g/mol. The summed E-state index contributed by atoms with van der Waals surface area (Å²) in [5, 5.41) is 0.679. The van der Waals surface area contributed by atoms with Crippen LogP contribution in [0.15, 0.2) is 42.5 Å². The van der Waals surface area contributed by atoms with E-state index in [1.807, 2.05) is 49.4 Å². The fourth-order valence-electron chi connectivity index (χ4n) is 1.95. The van der Waals surface area contributed by atoms with Gasteiger partial charge >= 0.3 is 0 Å². The summed E-state index contributed by atoms with van der Waals surface area (Å²) in [4.78, 5) is 0. The molecule has 20 heavy (non-hydrogen) atoms. The second kappa shape index (κ2) is 6.64. The summed E-state index contributed by atoms with van der Waals surface area (Å²) < 4.78 is 11.1. The van der Waals surface area contributed by atoms with Gasteiger partial charge in [0.15, 0.2) is 0 Å². The summed E-state index contributed by atoms with van der Waals surface area (Å²) in [7, 11) is 1.63. The molecule has 2 N–H and O–H groups in total. The first-order chi connectivity index (χ1) is 9.58. The third-order valence-electron chi connectivity index (χ3n) is 2.83. The molecule has 0 bridgehead atoms. The molecular weight excluding hydrogens is 274 g/mol. The largest absolute Gasteiger partial charge is 0.497 e. The van der Waals surface area contributed by atoms with E-state index in [1.54, 1.807) is 7.11 Å². The highest BCUT2D eigenvalue weighted by Gasteiger charge is 2.09. The molecule has 0 saturated carbocycles. The van der Waals surface area contributed by atoms with Gasteiger partial charge < -0.3 is 15.2 Å². The molecule has 0 spiro atoms. The van der Waals surface area contributed by atoms with Crippen LogP contribution in [0.1, 0.15) is 12.5 Å². The summed E-state index contributed by atoms with van der Waals surface area (Å²) in [5.41, 5.74) is 6.86. The molecule has 0 radical (unpaired) electrons. The van der Waals surface area contributed by atoms with Gasteiger partial charge in [-0.15, -0.1) is 0 Å². The maximum absolute atomic E-state index is 6.03. The molecule has 0 fully saturated rings. The van der Waals surface area contributed by atoms with Crippen LogP contribution in [-0.2, 0) is 6.42 Å². The van der Waals surface area contributed by atoms with Crippen LogP contribution >= 0.6 is 11.6 Å². The Balaban J connectivity index is 2.27. The molecule has 0 aromatic heterocycles. The zero-order chi connectivity index (χ0) is 14.5. The summed E-state index contributed by atoms with van der Waals surface area (Å²) in [6, 6.07) is 13.1. The molecule has 0 heterocycles. The molecule has 0 amide bonds. The fourth-order valence-corrected chi connectivity index (χ4v) is 2.14. The van der Waals surface area contributed by atoms with E-state index in [2.05, 4.69) is 0 Å². The molecule has 0 aliphatic carbocycles. The average Bonchev–Trinajstić information content (AvgIpc) is 2.41. The number of hydrogen-bond acceptors (Lipinski definition) is 3. The van der Waals surface area contributed by atoms with Crippen molar-refractivity contribution in [3.05, 3.63) is 53.1 Å². The number of halogens is 1. The van der Waals surface area contributed by atoms with E-state index in [0.717, 1.165) is 22.8 Å². The Bertz CT molecular complexity index is 584.